The van der Waals surface area contributed by atoms with Gasteiger partial charge in [0.25, 0.3) is 5.91 Å². The average Bonchev–Trinajstić information content (AvgIpc) is 2.93. The second kappa shape index (κ2) is 7.67. The predicted molar refractivity (Wildman–Crippen MR) is 95.9 cm³/mol. The van der Waals surface area contributed by atoms with E-state index >= 15 is 0 Å². The maximum atomic E-state index is 12.8. The molecule has 2 aliphatic heterocycles. The minimum absolute atomic E-state index is 0.179. The van der Waals surface area contributed by atoms with Crippen LogP contribution in [0.4, 0.5) is 0 Å². The van der Waals surface area contributed by atoms with Gasteiger partial charge in [-0.05, 0) is 31.0 Å². The van der Waals surface area contributed by atoms with Crippen LogP contribution in [0.15, 0.2) is 34.2 Å². The van der Waals surface area contributed by atoms with Gasteiger partial charge >= 0.3 is 0 Å². The van der Waals surface area contributed by atoms with Gasteiger partial charge in [-0.3, -0.25) is 9.79 Å². The Labute approximate surface area is 146 Å². The minimum atomic E-state index is -3.55. The van der Waals surface area contributed by atoms with Crippen LogP contribution in [0, 0.1) is 0 Å². The maximum Gasteiger partial charge on any atom is 0.257 e. The molecule has 0 radical (unpaired) electrons. The van der Waals surface area contributed by atoms with E-state index in [4.69, 9.17) is 0 Å². The molecule has 0 spiro atoms. The fraction of sp³-hybridized carbons (Fsp3) is 0.500. The highest BCUT2D eigenvalue weighted by atomic mass is 32.2. The third kappa shape index (κ3) is 3.99. The molecule has 1 fully saturated rings. The number of hydrogen-bond acceptors (Lipinski definition) is 5. The fourth-order valence-electron chi connectivity index (χ4n) is 2.81. The van der Waals surface area contributed by atoms with Crippen LogP contribution in [0.1, 0.15) is 36.0 Å². The lowest BCUT2D eigenvalue weighted by atomic mass is 10.2. The number of carbonyl (C=O) groups excluding carboxylic acids is 1. The van der Waals surface area contributed by atoms with E-state index in [1.807, 2.05) is 0 Å². The zero-order valence-corrected chi connectivity index (χ0v) is 15.0. The minimum Gasteiger partial charge on any atom is -0.301 e. The molecule has 0 unspecified atom stereocenters. The summed E-state index contributed by atoms with van der Waals surface area (Å²) in [6, 6.07) is 6.24. The van der Waals surface area contributed by atoms with E-state index in [-0.39, 0.29) is 10.8 Å². The fourth-order valence-corrected chi connectivity index (χ4v) is 5.10. The van der Waals surface area contributed by atoms with E-state index in [9.17, 15) is 13.2 Å². The van der Waals surface area contributed by atoms with Gasteiger partial charge in [-0.1, -0.05) is 30.7 Å². The van der Waals surface area contributed by atoms with Gasteiger partial charge in [0.1, 0.15) is 0 Å². The van der Waals surface area contributed by atoms with E-state index in [0.717, 1.165) is 31.4 Å². The number of amidine groups is 1. The van der Waals surface area contributed by atoms with E-state index in [2.05, 4.69) is 10.3 Å². The first kappa shape index (κ1) is 17.4. The average molecular weight is 367 g/mol. The van der Waals surface area contributed by atoms with Crippen molar-refractivity contribution in [3.05, 3.63) is 29.8 Å². The summed E-state index contributed by atoms with van der Waals surface area (Å²) in [5.41, 5.74) is 0.334. The van der Waals surface area contributed by atoms with Crippen LogP contribution in [0.2, 0.25) is 0 Å². The molecule has 24 heavy (non-hydrogen) atoms. The topological polar surface area (TPSA) is 78.8 Å². The smallest absolute Gasteiger partial charge is 0.257 e. The molecule has 1 aromatic rings. The standard InChI is InChI=1S/C16H21N3O3S2/c20-15(18-16-17-8-11-23-16)13-6-5-7-14(12-13)24(21,22)19-9-3-1-2-4-10-19/h5-7,12H,1-4,8-11H2,(H,17,18,20). The highest BCUT2D eigenvalue weighted by molar-refractivity contribution is 8.14. The highest BCUT2D eigenvalue weighted by Crippen LogP contribution is 2.21. The predicted octanol–water partition coefficient (Wildman–Crippen LogP) is 2.08. The van der Waals surface area contributed by atoms with Gasteiger partial charge in [-0.25, -0.2) is 8.42 Å². The Morgan fingerprint density at radius 1 is 1.17 bits per heavy atom. The quantitative estimate of drug-likeness (QED) is 0.887. The van der Waals surface area contributed by atoms with Gasteiger partial charge < -0.3 is 5.32 Å². The van der Waals surface area contributed by atoms with Crippen molar-refractivity contribution in [2.75, 3.05) is 25.4 Å². The third-order valence-corrected chi connectivity index (χ3v) is 6.89. The van der Waals surface area contributed by atoms with Crippen LogP contribution < -0.4 is 5.32 Å². The molecule has 0 saturated carbocycles. The van der Waals surface area contributed by atoms with E-state index < -0.39 is 10.0 Å². The lowest BCUT2D eigenvalue weighted by Gasteiger charge is -2.20. The lowest BCUT2D eigenvalue weighted by molar-refractivity contribution is 0.0978. The van der Waals surface area contributed by atoms with Crippen molar-refractivity contribution in [3.8, 4) is 0 Å². The summed E-state index contributed by atoms with van der Waals surface area (Å²) in [5, 5.41) is 3.33. The van der Waals surface area contributed by atoms with Crippen molar-refractivity contribution in [2.45, 2.75) is 30.6 Å². The molecule has 0 aromatic heterocycles. The number of nitrogens with one attached hydrogen (secondary N) is 1. The van der Waals surface area contributed by atoms with Crippen LogP contribution in [-0.2, 0) is 10.0 Å². The zero-order valence-electron chi connectivity index (χ0n) is 13.4. The van der Waals surface area contributed by atoms with Crippen molar-refractivity contribution in [1.29, 1.82) is 0 Å². The molecular weight excluding hydrogens is 346 g/mol. The number of rotatable bonds is 3. The van der Waals surface area contributed by atoms with Crippen LogP contribution in [-0.4, -0.2) is 49.2 Å². The molecule has 130 valence electrons. The molecular formula is C16H21N3O3S2. The molecule has 1 saturated heterocycles. The Balaban J connectivity index is 1.79. The van der Waals surface area contributed by atoms with Crippen molar-refractivity contribution in [3.63, 3.8) is 0 Å². The normalized spacial score (nSPS) is 19.6. The summed E-state index contributed by atoms with van der Waals surface area (Å²) in [4.78, 5) is 16.7. The molecule has 2 aliphatic rings. The van der Waals surface area contributed by atoms with E-state index in [1.54, 1.807) is 18.2 Å². The van der Waals surface area contributed by atoms with Crippen molar-refractivity contribution in [1.82, 2.24) is 9.62 Å². The second-order valence-electron chi connectivity index (χ2n) is 5.84. The number of benzene rings is 1. The Hall–Kier alpha value is -1.38. The summed E-state index contributed by atoms with van der Waals surface area (Å²) in [6.45, 7) is 1.79. The van der Waals surface area contributed by atoms with Gasteiger partial charge in [0.05, 0.1) is 11.4 Å². The largest absolute Gasteiger partial charge is 0.301 e. The number of carbonyl (C=O) groups is 1. The van der Waals surface area contributed by atoms with Crippen molar-refractivity contribution in [2.24, 2.45) is 4.99 Å². The molecule has 8 heteroatoms. The lowest BCUT2D eigenvalue weighted by Crippen LogP contribution is -2.32. The van der Waals surface area contributed by atoms with Crippen molar-refractivity contribution < 1.29 is 13.2 Å². The maximum absolute atomic E-state index is 12.8. The second-order valence-corrected chi connectivity index (χ2v) is 8.86. The SMILES string of the molecule is O=C(NC1=NCCS1)c1cccc(S(=O)(=O)N2CCCCCC2)c1. The first-order valence-electron chi connectivity index (χ1n) is 8.16. The molecule has 0 aliphatic carbocycles. The van der Waals surface area contributed by atoms with Gasteiger partial charge in [-0.15, -0.1) is 0 Å². The van der Waals surface area contributed by atoms with Crippen LogP contribution in [0.5, 0.6) is 0 Å². The van der Waals surface area contributed by atoms with Gasteiger partial charge in [0.15, 0.2) is 5.17 Å². The molecule has 3 rings (SSSR count). The van der Waals surface area contributed by atoms with E-state index in [1.165, 1.54) is 22.1 Å². The molecule has 1 amide bonds. The number of sulfonamides is 1. The van der Waals surface area contributed by atoms with Gasteiger partial charge in [0.2, 0.25) is 10.0 Å². The summed E-state index contributed by atoms with van der Waals surface area (Å²) >= 11 is 1.49. The Morgan fingerprint density at radius 3 is 2.58 bits per heavy atom. The van der Waals surface area contributed by atoms with Crippen LogP contribution in [0.25, 0.3) is 0 Å². The monoisotopic (exact) mass is 367 g/mol. The summed E-state index contributed by atoms with van der Waals surface area (Å²) in [7, 11) is -3.55. The van der Waals surface area contributed by atoms with Crippen LogP contribution in [0.3, 0.4) is 0 Å². The highest BCUT2D eigenvalue weighted by Gasteiger charge is 2.26. The number of aliphatic imine (C=N–C) groups is 1. The van der Waals surface area contributed by atoms with Gasteiger partial charge in [0, 0.05) is 24.4 Å². The number of hydrogen-bond donors (Lipinski definition) is 1. The Morgan fingerprint density at radius 2 is 1.92 bits per heavy atom. The zero-order chi connectivity index (χ0) is 17.0. The molecule has 0 atom stereocenters. The van der Waals surface area contributed by atoms with E-state index in [0.29, 0.717) is 30.4 Å². The number of thioether (sulfide) groups is 1. The summed E-state index contributed by atoms with van der Waals surface area (Å²) in [6.07, 6.45) is 3.90. The third-order valence-electron chi connectivity index (χ3n) is 4.10. The van der Waals surface area contributed by atoms with Crippen molar-refractivity contribution >= 4 is 32.9 Å². The molecule has 6 nitrogen and oxygen atoms in total. The molecule has 2 heterocycles. The first-order chi connectivity index (χ1) is 11.6. The molecule has 0 bridgehead atoms. The Kier molecular flexibility index (Phi) is 5.57. The first-order valence-corrected chi connectivity index (χ1v) is 10.6. The summed E-state index contributed by atoms with van der Waals surface area (Å²) in [5.74, 6) is 0.537. The number of amides is 1. The molecule has 1 N–H and O–H groups in total. The van der Waals surface area contributed by atoms with Gasteiger partial charge in [-0.2, -0.15) is 4.31 Å². The Bertz CT molecular complexity index is 739. The number of nitrogens with zero attached hydrogens (tertiary/aromatic N) is 2. The summed E-state index contributed by atoms with van der Waals surface area (Å²) < 4.78 is 27.2. The molecule has 1 aromatic carbocycles. The van der Waals surface area contributed by atoms with Crippen LogP contribution >= 0.6 is 11.8 Å².